The summed E-state index contributed by atoms with van der Waals surface area (Å²) < 4.78 is 0. The lowest BCUT2D eigenvalue weighted by Crippen LogP contribution is -2.10. The van der Waals surface area contributed by atoms with Crippen molar-refractivity contribution in [2.75, 3.05) is 4.90 Å². The van der Waals surface area contributed by atoms with Gasteiger partial charge >= 0.3 is 0 Å². The Bertz CT molecular complexity index is 2570. The molecule has 0 saturated heterocycles. The van der Waals surface area contributed by atoms with Crippen LogP contribution in [0.3, 0.4) is 0 Å². The van der Waals surface area contributed by atoms with Gasteiger partial charge < -0.3 is 4.90 Å². The third-order valence-electron chi connectivity index (χ3n) is 10.4. The molecule has 0 aliphatic rings. The number of fused-ring (bicyclic) bond motifs is 6. The molecular weight excluding hydrogens is 603 g/mol. The normalized spacial score (nSPS) is 11.5. The first-order valence-electron chi connectivity index (χ1n) is 17.4. The van der Waals surface area contributed by atoms with E-state index in [-0.39, 0.29) is 0 Å². The van der Waals surface area contributed by atoms with Gasteiger partial charge in [-0.3, -0.25) is 0 Å². The molecule has 0 heterocycles. The summed E-state index contributed by atoms with van der Waals surface area (Å²) in [6.45, 7) is 6.61. The summed E-state index contributed by atoms with van der Waals surface area (Å²) in [5.41, 5.74) is 12.2. The molecule has 0 aliphatic heterocycles. The fraction of sp³-hybridized carbons (Fsp3) is 0.0612. The molecule has 0 amide bonds. The second-order valence-corrected chi connectivity index (χ2v) is 13.6. The maximum Gasteiger partial charge on any atom is 0.0467 e. The number of anilines is 3. The number of nitrogens with zero attached hydrogens (tertiary/aromatic N) is 1. The Morgan fingerprint density at radius 3 is 1.14 bits per heavy atom. The van der Waals surface area contributed by atoms with Gasteiger partial charge in [-0.25, -0.2) is 0 Å². The van der Waals surface area contributed by atoms with Gasteiger partial charge in [-0.15, -0.1) is 0 Å². The molecule has 0 aromatic heterocycles. The van der Waals surface area contributed by atoms with Crippen molar-refractivity contribution in [3.8, 4) is 22.3 Å². The van der Waals surface area contributed by atoms with Crippen LogP contribution >= 0.6 is 0 Å². The number of aryl methyl sites for hydroxylation is 3. The van der Waals surface area contributed by atoms with Crippen LogP contribution in [0.25, 0.3) is 65.3 Å². The molecule has 0 unspecified atom stereocenters. The Hall–Kier alpha value is -6.18. The molecule has 0 bridgehead atoms. The third-order valence-corrected chi connectivity index (χ3v) is 10.4. The quantitative estimate of drug-likeness (QED) is 0.169. The minimum atomic E-state index is 1.13. The molecule has 0 spiro atoms. The van der Waals surface area contributed by atoms with E-state index in [1.54, 1.807) is 0 Å². The maximum atomic E-state index is 2.41. The second-order valence-electron chi connectivity index (χ2n) is 13.6. The van der Waals surface area contributed by atoms with E-state index in [0.717, 1.165) is 17.1 Å². The minimum absolute atomic E-state index is 1.13. The second kappa shape index (κ2) is 12.1. The molecular formula is C49H37N. The summed E-state index contributed by atoms with van der Waals surface area (Å²) in [6.07, 6.45) is 0. The summed E-state index contributed by atoms with van der Waals surface area (Å²) in [4.78, 5) is 2.41. The van der Waals surface area contributed by atoms with Crippen LogP contribution in [-0.4, -0.2) is 0 Å². The molecule has 0 fully saturated rings. The van der Waals surface area contributed by atoms with Crippen molar-refractivity contribution in [1.82, 2.24) is 0 Å². The molecule has 0 saturated carbocycles. The molecule has 50 heavy (non-hydrogen) atoms. The fourth-order valence-corrected chi connectivity index (χ4v) is 7.77. The molecule has 0 N–H and O–H groups in total. The van der Waals surface area contributed by atoms with Crippen LogP contribution in [0.4, 0.5) is 17.1 Å². The molecule has 0 radical (unpaired) electrons. The summed E-state index contributed by atoms with van der Waals surface area (Å²) in [7, 11) is 0. The van der Waals surface area contributed by atoms with Crippen LogP contribution in [0.15, 0.2) is 170 Å². The standard InChI is InChI=1S/C49H37N/c1-32-20-24-37(25-21-32)50(38-26-22-33(2)46(30-38)48-28-35-12-4-6-14-40(35)42-16-8-10-18-44(42)48)39-27-23-34(3)47(31-39)49-29-36-13-5-7-15-41(36)43-17-9-11-19-45(43)49/h4-31H,1-3H3. The molecule has 9 aromatic rings. The summed E-state index contributed by atoms with van der Waals surface area (Å²) >= 11 is 0. The topological polar surface area (TPSA) is 3.24 Å². The van der Waals surface area contributed by atoms with Crippen LogP contribution in [0.2, 0.25) is 0 Å². The Balaban J connectivity index is 1.27. The molecule has 0 atom stereocenters. The number of hydrogen-bond donors (Lipinski definition) is 0. The van der Waals surface area contributed by atoms with Gasteiger partial charge in [0.1, 0.15) is 0 Å². The van der Waals surface area contributed by atoms with Gasteiger partial charge in [-0.05, 0) is 146 Å². The number of benzene rings is 9. The van der Waals surface area contributed by atoms with Gasteiger partial charge in [0.05, 0.1) is 0 Å². The van der Waals surface area contributed by atoms with Crippen molar-refractivity contribution in [3.63, 3.8) is 0 Å². The van der Waals surface area contributed by atoms with Crippen LogP contribution in [0.5, 0.6) is 0 Å². The van der Waals surface area contributed by atoms with Gasteiger partial charge in [0.2, 0.25) is 0 Å². The first-order chi connectivity index (χ1) is 24.5. The van der Waals surface area contributed by atoms with E-state index >= 15 is 0 Å². The summed E-state index contributed by atoms with van der Waals surface area (Å²) in [6, 6.07) is 62.6. The highest BCUT2D eigenvalue weighted by Gasteiger charge is 2.19. The van der Waals surface area contributed by atoms with E-state index in [1.807, 2.05) is 0 Å². The summed E-state index contributed by atoms with van der Waals surface area (Å²) in [5, 5.41) is 10.2. The van der Waals surface area contributed by atoms with Crippen molar-refractivity contribution in [1.29, 1.82) is 0 Å². The Labute approximate surface area is 293 Å². The first-order valence-corrected chi connectivity index (χ1v) is 17.4. The number of rotatable bonds is 5. The zero-order valence-electron chi connectivity index (χ0n) is 28.6. The monoisotopic (exact) mass is 639 g/mol. The fourth-order valence-electron chi connectivity index (χ4n) is 7.77. The number of hydrogen-bond acceptors (Lipinski definition) is 1. The van der Waals surface area contributed by atoms with E-state index < -0.39 is 0 Å². The van der Waals surface area contributed by atoms with Crippen molar-refractivity contribution >= 4 is 60.2 Å². The molecule has 238 valence electrons. The minimum Gasteiger partial charge on any atom is -0.310 e. The molecule has 9 rings (SSSR count). The van der Waals surface area contributed by atoms with Crippen molar-refractivity contribution in [2.24, 2.45) is 0 Å². The highest BCUT2D eigenvalue weighted by atomic mass is 15.1. The first kappa shape index (κ1) is 29.9. The third kappa shape index (κ3) is 5.02. The zero-order valence-corrected chi connectivity index (χ0v) is 28.6. The van der Waals surface area contributed by atoms with E-state index in [2.05, 4.69) is 196 Å². The van der Waals surface area contributed by atoms with Gasteiger partial charge in [0.25, 0.3) is 0 Å². The van der Waals surface area contributed by atoms with Crippen molar-refractivity contribution in [2.45, 2.75) is 20.8 Å². The largest absolute Gasteiger partial charge is 0.310 e. The zero-order chi connectivity index (χ0) is 33.8. The lowest BCUT2D eigenvalue weighted by atomic mass is 9.90. The average molecular weight is 640 g/mol. The van der Waals surface area contributed by atoms with E-state index in [1.165, 1.54) is 82.0 Å². The SMILES string of the molecule is Cc1ccc(N(c2ccc(C)c(-c3cc4ccccc4c4ccccc34)c2)c2ccc(C)c(-c3cc4ccccc4c4ccccc34)c2)cc1. The van der Waals surface area contributed by atoms with Crippen LogP contribution < -0.4 is 4.90 Å². The molecule has 0 aliphatic carbocycles. The van der Waals surface area contributed by atoms with Crippen molar-refractivity contribution < 1.29 is 0 Å². The van der Waals surface area contributed by atoms with Crippen LogP contribution in [0, 0.1) is 20.8 Å². The van der Waals surface area contributed by atoms with Crippen molar-refractivity contribution in [3.05, 3.63) is 187 Å². The summed E-state index contributed by atoms with van der Waals surface area (Å²) in [5.74, 6) is 0. The lowest BCUT2D eigenvalue weighted by molar-refractivity contribution is 1.26. The average Bonchev–Trinajstić information content (AvgIpc) is 3.16. The van der Waals surface area contributed by atoms with Gasteiger partial charge in [-0.2, -0.15) is 0 Å². The predicted molar refractivity (Wildman–Crippen MR) is 216 cm³/mol. The van der Waals surface area contributed by atoms with E-state index in [4.69, 9.17) is 0 Å². The van der Waals surface area contributed by atoms with E-state index in [9.17, 15) is 0 Å². The maximum absolute atomic E-state index is 2.41. The Kier molecular flexibility index (Phi) is 7.21. The Morgan fingerprint density at radius 1 is 0.300 bits per heavy atom. The molecule has 9 aromatic carbocycles. The van der Waals surface area contributed by atoms with E-state index in [0.29, 0.717) is 0 Å². The van der Waals surface area contributed by atoms with Gasteiger partial charge in [-0.1, -0.05) is 127 Å². The van der Waals surface area contributed by atoms with Gasteiger partial charge in [0.15, 0.2) is 0 Å². The van der Waals surface area contributed by atoms with Gasteiger partial charge in [0, 0.05) is 17.1 Å². The smallest absolute Gasteiger partial charge is 0.0467 e. The predicted octanol–water partition coefficient (Wildman–Crippen LogP) is 14.0. The highest BCUT2D eigenvalue weighted by molar-refractivity contribution is 6.15. The van der Waals surface area contributed by atoms with Crippen LogP contribution in [0.1, 0.15) is 16.7 Å². The Morgan fingerprint density at radius 2 is 0.680 bits per heavy atom. The molecule has 1 nitrogen and oxygen atoms in total. The lowest BCUT2D eigenvalue weighted by Gasteiger charge is -2.28. The molecule has 1 heteroatoms. The van der Waals surface area contributed by atoms with Crippen LogP contribution in [-0.2, 0) is 0 Å². The highest BCUT2D eigenvalue weighted by Crippen LogP contribution is 2.43.